The lowest BCUT2D eigenvalue weighted by Gasteiger charge is -2.21. The van der Waals surface area contributed by atoms with Crippen molar-refractivity contribution in [3.63, 3.8) is 0 Å². The highest BCUT2D eigenvalue weighted by Crippen LogP contribution is 2.12. The maximum atomic E-state index is 11.4. The Morgan fingerprint density at radius 1 is 0.750 bits per heavy atom. The van der Waals surface area contributed by atoms with Gasteiger partial charge in [-0.3, -0.25) is 29.4 Å². The first-order chi connectivity index (χ1) is 19.2. The summed E-state index contributed by atoms with van der Waals surface area (Å²) < 4.78 is 0. The number of aryl methyl sites for hydroxylation is 1. The minimum Gasteiger partial charge on any atom is -0.483 e. The van der Waals surface area contributed by atoms with E-state index in [0.29, 0.717) is 24.5 Å². The zero-order chi connectivity index (χ0) is 29.9. The van der Waals surface area contributed by atoms with E-state index >= 15 is 0 Å². The van der Waals surface area contributed by atoms with Gasteiger partial charge in [0.05, 0.1) is 35.9 Å². The summed E-state index contributed by atoms with van der Waals surface area (Å²) in [6, 6.07) is 15.8. The van der Waals surface area contributed by atoms with Crippen LogP contribution in [0.1, 0.15) is 39.0 Å². The number of carboxylic acids is 2. The quantitative estimate of drug-likeness (QED) is 0.222. The molecule has 0 aromatic carbocycles. The van der Waals surface area contributed by atoms with Crippen molar-refractivity contribution in [1.29, 1.82) is 0 Å². The number of aliphatic hydroxyl groups is 1. The van der Waals surface area contributed by atoms with Gasteiger partial charge in [0.1, 0.15) is 12.0 Å². The molecule has 3 rings (SSSR count). The second-order valence-electron chi connectivity index (χ2n) is 8.19. The fraction of sp³-hybridized carbons (Fsp3) is 0.296. The van der Waals surface area contributed by atoms with Crippen LogP contribution >= 0.6 is 0 Å². The number of aldehydes is 1. The normalized spacial score (nSPS) is 10.1. The van der Waals surface area contributed by atoms with Crippen LogP contribution < -0.4 is 0 Å². The molecule has 0 unspecified atom stereocenters. The molecule has 3 aromatic heterocycles. The lowest BCUT2D eigenvalue weighted by molar-refractivity contribution is -0.138. The Bertz CT molecular complexity index is 1240. The number of aromatic nitrogens is 3. The third kappa shape index (κ3) is 12.8. The summed E-state index contributed by atoms with van der Waals surface area (Å²) in [5.41, 5.74) is 3.49. The van der Waals surface area contributed by atoms with Crippen LogP contribution in [0.4, 0.5) is 0 Å². The van der Waals surface area contributed by atoms with Crippen molar-refractivity contribution in [2.75, 3.05) is 20.2 Å². The second-order valence-corrected chi connectivity index (χ2v) is 8.19. The molecule has 4 N–H and O–H groups in total. The molecule has 0 aliphatic carbocycles. The lowest BCUT2D eigenvalue weighted by Crippen LogP contribution is -2.30. The minimum absolute atomic E-state index is 0.101. The molecule has 0 fully saturated rings. The van der Waals surface area contributed by atoms with Gasteiger partial charge in [-0.15, -0.1) is 0 Å². The number of pyridine rings is 3. The van der Waals surface area contributed by atoms with Crippen molar-refractivity contribution in [2.24, 2.45) is 0 Å². The first-order valence-corrected chi connectivity index (χ1v) is 11.9. The highest BCUT2D eigenvalue weighted by atomic mass is 16.4. The smallest absolute Gasteiger partial charge is 0.354 e. The lowest BCUT2D eigenvalue weighted by atomic mass is 10.2. The number of carbonyl (C=O) groups is 4. The van der Waals surface area contributed by atoms with Crippen molar-refractivity contribution in [2.45, 2.75) is 33.1 Å². The highest BCUT2D eigenvalue weighted by molar-refractivity contribution is 5.85. The van der Waals surface area contributed by atoms with Gasteiger partial charge in [0.2, 0.25) is 0 Å². The van der Waals surface area contributed by atoms with E-state index in [-0.39, 0.29) is 38.3 Å². The van der Waals surface area contributed by atoms with Crippen molar-refractivity contribution in [3.05, 3.63) is 88.8 Å². The van der Waals surface area contributed by atoms with Crippen LogP contribution in [0.2, 0.25) is 0 Å². The Kier molecular flexibility index (Phi) is 15.6. The number of aliphatic carboxylic acids is 1. The maximum absolute atomic E-state index is 11.4. The van der Waals surface area contributed by atoms with Crippen LogP contribution in [-0.4, -0.2) is 90.1 Å². The zero-order valence-electron chi connectivity index (χ0n) is 22.3. The number of rotatable bonds is 13. The van der Waals surface area contributed by atoms with Gasteiger partial charge in [0, 0.05) is 39.0 Å². The number of hydrogen-bond acceptors (Lipinski definition) is 10. The van der Waals surface area contributed by atoms with Crippen LogP contribution in [0.15, 0.2) is 54.6 Å². The zero-order valence-corrected chi connectivity index (χ0v) is 22.3. The van der Waals surface area contributed by atoms with Crippen molar-refractivity contribution >= 4 is 24.7 Å². The van der Waals surface area contributed by atoms with Crippen molar-refractivity contribution in [3.8, 4) is 0 Å². The van der Waals surface area contributed by atoms with Crippen molar-refractivity contribution < 1.29 is 39.6 Å². The van der Waals surface area contributed by atoms with E-state index in [1.165, 1.54) is 6.07 Å². The summed E-state index contributed by atoms with van der Waals surface area (Å²) in [6.45, 7) is 2.91. The number of carboxylic acid groups (broad SMARTS) is 3. The third-order valence-electron chi connectivity index (χ3n) is 5.07. The van der Waals surface area contributed by atoms with E-state index in [9.17, 15) is 19.5 Å². The van der Waals surface area contributed by atoms with E-state index in [1.54, 1.807) is 23.1 Å². The number of aromatic carboxylic acids is 1. The number of hydrogen-bond donors (Lipinski definition) is 4. The van der Waals surface area contributed by atoms with Crippen LogP contribution in [0.3, 0.4) is 0 Å². The van der Waals surface area contributed by atoms with Gasteiger partial charge in [0.25, 0.3) is 6.47 Å². The van der Waals surface area contributed by atoms with E-state index in [2.05, 4.69) is 15.0 Å². The molecule has 0 bridgehead atoms. The molecule has 0 radical (unpaired) electrons. The molecule has 0 saturated carbocycles. The molecule has 0 amide bonds. The molecule has 3 aromatic rings. The third-order valence-corrected chi connectivity index (χ3v) is 5.07. The molecule has 214 valence electrons. The topological polar surface area (TPSA) is 194 Å². The van der Waals surface area contributed by atoms with Crippen LogP contribution in [0.25, 0.3) is 0 Å². The molecule has 13 heteroatoms. The van der Waals surface area contributed by atoms with Crippen LogP contribution in [-0.2, 0) is 40.6 Å². The first-order valence-electron chi connectivity index (χ1n) is 11.9. The second kappa shape index (κ2) is 18.6. The fourth-order valence-electron chi connectivity index (χ4n) is 3.65. The molecule has 3 heterocycles. The SMILES string of the molecule is CO.Cc1cccc(CN(CC=O)Cc2cccc(CN(CC(=O)O)Cc3cccc(C(=O)O)n3)n2)n1.O=CO. The van der Waals surface area contributed by atoms with Crippen molar-refractivity contribution in [1.82, 2.24) is 24.8 Å². The highest BCUT2D eigenvalue weighted by Gasteiger charge is 2.15. The summed E-state index contributed by atoms with van der Waals surface area (Å²) in [5, 5.41) is 32.4. The van der Waals surface area contributed by atoms with E-state index in [0.717, 1.165) is 30.5 Å². The summed E-state index contributed by atoms with van der Waals surface area (Å²) >= 11 is 0. The molecular formula is C27H33N5O8. The predicted molar refractivity (Wildman–Crippen MR) is 143 cm³/mol. The fourth-order valence-corrected chi connectivity index (χ4v) is 3.65. The van der Waals surface area contributed by atoms with Gasteiger partial charge < -0.3 is 25.2 Å². The van der Waals surface area contributed by atoms with E-state index in [4.69, 9.17) is 20.1 Å². The van der Waals surface area contributed by atoms with E-state index < -0.39 is 11.9 Å². The molecule has 0 saturated heterocycles. The molecule has 40 heavy (non-hydrogen) atoms. The predicted octanol–water partition coefficient (Wildman–Crippen LogP) is 1.48. The van der Waals surface area contributed by atoms with Gasteiger partial charge in [-0.2, -0.15) is 0 Å². The summed E-state index contributed by atoms with van der Waals surface area (Å²) in [7, 11) is 1.00. The van der Waals surface area contributed by atoms with Gasteiger partial charge >= 0.3 is 11.9 Å². The van der Waals surface area contributed by atoms with Gasteiger partial charge in [-0.1, -0.05) is 18.2 Å². The average Bonchev–Trinajstić information content (AvgIpc) is 2.90. The van der Waals surface area contributed by atoms with Crippen LogP contribution in [0, 0.1) is 6.92 Å². The summed E-state index contributed by atoms with van der Waals surface area (Å²) in [5.74, 6) is -2.16. The Hall–Kier alpha value is -4.59. The Morgan fingerprint density at radius 2 is 1.20 bits per heavy atom. The Morgan fingerprint density at radius 3 is 1.68 bits per heavy atom. The molecule has 0 spiro atoms. The maximum Gasteiger partial charge on any atom is 0.354 e. The largest absolute Gasteiger partial charge is 0.483 e. The molecule has 0 atom stereocenters. The number of aliphatic hydroxyl groups excluding tert-OH is 1. The Balaban J connectivity index is 0.00000150. The summed E-state index contributed by atoms with van der Waals surface area (Å²) in [6.07, 6.45) is 0.840. The van der Waals surface area contributed by atoms with Gasteiger partial charge in [0.15, 0.2) is 0 Å². The minimum atomic E-state index is -1.15. The average molecular weight is 556 g/mol. The molecule has 0 aliphatic heterocycles. The summed E-state index contributed by atoms with van der Waals surface area (Å²) in [4.78, 5) is 59.0. The molecular weight excluding hydrogens is 522 g/mol. The van der Waals surface area contributed by atoms with Crippen LogP contribution in [0.5, 0.6) is 0 Å². The Labute approximate surface area is 231 Å². The van der Waals surface area contributed by atoms with E-state index in [1.807, 2.05) is 42.2 Å². The number of nitrogens with zero attached hydrogens (tertiary/aromatic N) is 5. The van der Waals surface area contributed by atoms with Gasteiger partial charge in [-0.25, -0.2) is 9.78 Å². The number of carbonyl (C=O) groups excluding carboxylic acids is 1. The standard InChI is InChI=1S/C25H27N5O5.CH2O2.CH4O/c1-18-5-2-6-19(26-18)13-29(11-12-31)14-20-7-3-8-21(27-20)15-30(17-24(32)33)16-22-9-4-10-23(28-22)25(34)35;2-1-3;1-2/h2-10,12H,11,13-17H2,1H3,(H,32,33)(H,34,35);1H,(H,2,3);2H,1H3. The first kappa shape index (κ1) is 33.4. The molecule has 0 aliphatic rings. The van der Waals surface area contributed by atoms with Gasteiger partial charge in [-0.05, 0) is 43.3 Å². The monoisotopic (exact) mass is 555 g/mol. The molecule has 13 nitrogen and oxygen atoms in total.